The van der Waals surface area contributed by atoms with Gasteiger partial charge in [0.05, 0.1) is 13.2 Å². The number of hydrogen-bond donors (Lipinski definition) is 3. The smallest absolute Gasteiger partial charge is 0.480 e. The maximum absolute atomic E-state index is 14.3. The van der Waals surface area contributed by atoms with Gasteiger partial charge >= 0.3 is 26.0 Å². The number of ether oxygens (including phenoxy) is 4. The van der Waals surface area contributed by atoms with Gasteiger partial charge in [0.1, 0.15) is 6.04 Å². The quantitative estimate of drug-likeness (QED) is 0.0532. The zero-order chi connectivity index (χ0) is 35.0. The van der Waals surface area contributed by atoms with Crippen molar-refractivity contribution >= 4 is 32.0 Å². The average molecular weight is 680 g/mol. The second-order valence-corrected chi connectivity index (χ2v) is 12.8. The van der Waals surface area contributed by atoms with E-state index in [4.69, 9.17) is 33.4 Å². The van der Waals surface area contributed by atoms with Crippen molar-refractivity contribution in [1.29, 1.82) is 5.41 Å². The predicted molar refractivity (Wildman–Crippen MR) is 173 cm³/mol. The molecule has 47 heavy (non-hydrogen) atoms. The molecule has 0 saturated heterocycles. The molecule has 0 aliphatic carbocycles. The van der Waals surface area contributed by atoms with Gasteiger partial charge in [-0.3, -0.25) is 19.5 Å². The Hall–Kier alpha value is -4.13. The van der Waals surface area contributed by atoms with Crippen LogP contribution in [0.4, 0.5) is 9.59 Å². The minimum absolute atomic E-state index is 0.00123. The summed E-state index contributed by atoms with van der Waals surface area (Å²) in [5.41, 5.74) is 1.87. The molecule has 0 fully saturated rings. The Labute approximate surface area is 275 Å². The van der Waals surface area contributed by atoms with Gasteiger partial charge in [0.2, 0.25) is 18.5 Å². The van der Waals surface area contributed by atoms with E-state index >= 15 is 0 Å². The van der Waals surface area contributed by atoms with Crippen molar-refractivity contribution in [3.05, 3.63) is 71.8 Å². The van der Waals surface area contributed by atoms with Gasteiger partial charge in [0, 0.05) is 31.7 Å². The first-order chi connectivity index (χ1) is 22.2. The van der Waals surface area contributed by atoms with Gasteiger partial charge in [0.25, 0.3) is 0 Å². The fourth-order valence-corrected chi connectivity index (χ4v) is 5.63. The first-order valence-corrected chi connectivity index (χ1v) is 16.8. The lowest BCUT2D eigenvalue weighted by Gasteiger charge is -2.33. The third-order valence-corrected chi connectivity index (χ3v) is 8.10. The number of nitrogens with one attached hydrogen (secondary N) is 2. The maximum Gasteiger partial charge on any atom is 0.510 e. The predicted octanol–water partition coefficient (Wildman–Crippen LogP) is 6.20. The van der Waals surface area contributed by atoms with E-state index in [1.165, 1.54) is 7.05 Å². The largest absolute Gasteiger partial charge is 0.510 e. The van der Waals surface area contributed by atoms with E-state index in [0.29, 0.717) is 12.8 Å². The number of carboxylic acid groups (broad SMARTS) is 1. The van der Waals surface area contributed by atoms with Gasteiger partial charge in [-0.15, -0.1) is 0 Å². The van der Waals surface area contributed by atoms with E-state index in [2.05, 4.69) is 5.09 Å². The SMILES string of the molecule is CCC(C(=O)O)N(C)C(=N)NP(=O)(OC(OC(=O)OCCc1ccccc1)C(C)C)OC(OC(=O)OCCc1ccccc1)C(C)C. The Kier molecular flexibility index (Phi) is 16.2. The number of nitrogens with zero attached hydrogens (tertiary/aromatic N) is 1. The van der Waals surface area contributed by atoms with Gasteiger partial charge in [-0.05, 0) is 17.5 Å². The van der Waals surface area contributed by atoms with Crippen molar-refractivity contribution in [3.63, 3.8) is 0 Å². The lowest BCUT2D eigenvalue weighted by atomic mass is 10.2. The van der Waals surface area contributed by atoms with Gasteiger partial charge in [0.15, 0.2) is 0 Å². The van der Waals surface area contributed by atoms with Crippen LogP contribution in [-0.2, 0) is 50.2 Å². The Morgan fingerprint density at radius 2 is 1.21 bits per heavy atom. The summed E-state index contributed by atoms with van der Waals surface area (Å²) in [6, 6.07) is 17.5. The minimum atomic E-state index is -4.76. The van der Waals surface area contributed by atoms with E-state index in [0.717, 1.165) is 16.0 Å². The molecular weight excluding hydrogens is 633 g/mol. The van der Waals surface area contributed by atoms with Crippen LogP contribution in [0.1, 0.15) is 52.2 Å². The van der Waals surface area contributed by atoms with Crippen LogP contribution >= 0.6 is 7.75 Å². The first-order valence-electron chi connectivity index (χ1n) is 15.3. The second-order valence-electron chi connectivity index (χ2n) is 11.2. The normalized spacial score (nSPS) is 14.3. The second kappa shape index (κ2) is 19.5. The summed E-state index contributed by atoms with van der Waals surface area (Å²) >= 11 is 0. The molecule has 3 unspecified atom stereocenters. The van der Waals surface area contributed by atoms with Crippen molar-refractivity contribution in [2.75, 3.05) is 20.3 Å². The van der Waals surface area contributed by atoms with E-state index in [9.17, 15) is 24.1 Å². The molecule has 0 aliphatic rings. The molecule has 14 nitrogen and oxygen atoms in total. The fraction of sp³-hybridized carbons (Fsp3) is 0.500. The van der Waals surface area contributed by atoms with Crippen molar-refractivity contribution < 1.29 is 52.1 Å². The Bertz CT molecular complexity index is 1250. The molecule has 0 spiro atoms. The average Bonchev–Trinajstić information content (AvgIpc) is 3.01. The molecule has 2 aromatic carbocycles. The van der Waals surface area contributed by atoms with Crippen molar-refractivity contribution in [2.45, 2.75) is 72.5 Å². The number of benzene rings is 2. The van der Waals surface area contributed by atoms with Crippen LogP contribution in [0.15, 0.2) is 60.7 Å². The number of carbonyl (C=O) groups excluding carboxylic acids is 2. The summed E-state index contributed by atoms with van der Waals surface area (Å²) < 4.78 is 46.6. The number of hydrogen-bond acceptors (Lipinski definition) is 11. The van der Waals surface area contributed by atoms with Crippen LogP contribution in [0, 0.1) is 17.2 Å². The van der Waals surface area contributed by atoms with Crippen LogP contribution in [0.3, 0.4) is 0 Å². The van der Waals surface area contributed by atoms with Gasteiger partial charge in [-0.1, -0.05) is 95.3 Å². The number of rotatable bonds is 18. The highest BCUT2D eigenvalue weighted by Crippen LogP contribution is 2.49. The van der Waals surface area contributed by atoms with Crippen LogP contribution in [0.5, 0.6) is 0 Å². The van der Waals surface area contributed by atoms with E-state index < -0.39 is 62.4 Å². The molecule has 0 aliphatic heterocycles. The van der Waals surface area contributed by atoms with Crippen LogP contribution in [0.2, 0.25) is 0 Å². The third-order valence-electron chi connectivity index (χ3n) is 6.64. The Morgan fingerprint density at radius 3 is 1.55 bits per heavy atom. The molecule has 15 heteroatoms. The van der Waals surface area contributed by atoms with Gasteiger partial charge in [-0.2, -0.15) is 0 Å². The van der Waals surface area contributed by atoms with Gasteiger partial charge < -0.3 is 29.0 Å². The fourth-order valence-electron chi connectivity index (χ4n) is 3.94. The standard InChI is InChI=1S/C32H46N3O11P/c1-7-26(27(36)37)35(6)30(33)34-47(40,45-28(22(2)3)43-31(38)41-20-18-24-14-10-8-11-15-24)46-29(23(4)5)44-32(39)42-21-19-25-16-12-9-13-17-25/h8-17,22-23,26,28-29H,7,18-21H2,1-6H3,(H,36,37)(H2,33,34,40). The zero-order valence-corrected chi connectivity index (χ0v) is 28.5. The summed E-state index contributed by atoms with van der Waals surface area (Å²) in [6.45, 7) is 8.05. The number of guanidine groups is 1. The molecule has 0 saturated carbocycles. The van der Waals surface area contributed by atoms with Crippen LogP contribution < -0.4 is 5.09 Å². The molecule has 2 aromatic rings. The molecule has 0 amide bonds. The third kappa shape index (κ3) is 14.0. The Morgan fingerprint density at radius 1 is 0.809 bits per heavy atom. The minimum Gasteiger partial charge on any atom is -0.480 e. The highest BCUT2D eigenvalue weighted by Gasteiger charge is 2.40. The zero-order valence-electron chi connectivity index (χ0n) is 27.6. The van der Waals surface area contributed by atoms with Crippen molar-refractivity contribution in [2.24, 2.45) is 11.8 Å². The molecule has 0 bridgehead atoms. The molecule has 3 N–H and O–H groups in total. The molecule has 0 radical (unpaired) electrons. The molecule has 260 valence electrons. The van der Waals surface area contributed by atoms with E-state index in [1.54, 1.807) is 34.6 Å². The van der Waals surface area contributed by atoms with Crippen molar-refractivity contribution in [1.82, 2.24) is 9.99 Å². The van der Waals surface area contributed by atoms with Crippen LogP contribution in [-0.4, -0.2) is 73.1 Å². The maximum atomic E-state index is 14.3. The van der Waals surface area contributed by atoms with Gasteiger partial charge in [-0.25, -0.2) is 18.9 Å². The lowest BCUT2D eigenvalue weighted by molar-refractivity contribution is -0.141. The molecular formula is C32H46N3O11P. The highest BCUT2D eigenvalue weighted by molar-refractivity contribution is 7.52. The lowest BCUT2D eigenvalue weighted by Crippen LogP contribution is -2.47. The number of likely N-dealkylation sites (N-methyl/N-ethyl adjacent to an activating group) is 1. The summed E-state index contributed by atoms with van der Waals surface area (Å²) in [4.78, 5) is 37.9. The van der Waals surface area contributed by atoms with Crippen molar-refractivity contribution in [3.8, 4) is 0 Å². The topological polar surface area (TPSA) is 183 Å². The monoisotopic (exact) mass is 679 g/mol. The molecule has 0 aromatic heterocycles. The number of carboxylic acids is 1. The summed E-state index contributed by atoms with van der Waals surface area (Å²) in [5, 5.41) is 20.3. The first kappa shape index (κ1) is 39.1. The van der Waals surface area contributed by atoms with E-state index in [-0.39, 0.29) is 19.6 Å². The number of carbonyl (C=O) groups is 3. The summed E-state index contributed by atoms with van der Waals surface area (Å²) in [5.74, 6) is -3.07. The number of aliphatic carboxylic acids is 1. The van der Waals surface area contributed by atoms with E-state index in [1.807, 2.05) is 60.7 Å². The summed E-state index contributed by atoms with van der Waals surface area (Å²) in [7, 11) is -3.46. The Balaban J connectivity index is 2.20. The summed E-state index contributed by atoms with van der Waals surface area (Å²) in [6.07, 6.45) is -4.30. The molecule has 3 atom stereocenters. The molecule has 0 heterocycles. The van der Waals surface area contributed by atoms with Crippen LogP contribution in [0.25, 0.3) is 0 Å². The molecule has 2 rings (SSSR count). The highest BCUT2D eigenvalue weighted by atomic mass is 31.2.